The summed E-state index contributed by atoms with van der Waals surface area (Å²) in [4.78, 5) is 17.7. The van der Waals surface area contributed by atoms with Crippen LogP contribution in [0.5, 0.6) is 0 Å². The Kier molecular flexibility index (Phi) is 4.89. The van der Waals surface area contributed by atoms with Crippen molar-refractivity contribution in [2.45, 2.75) is 19.9 Å². The largest absolute Gasteiger partial charge is 0.395 e. The van der Waals surface area contributed by atoms with E-state index in [-0.39, 0.29) is 18.6 Å². The molecule has 1 aromatic heterocycles. The summed E-state index contributed by atoms with van der Waals surface area (Å²) in [7, 11) is 0. The van der Waals surface area contributed by atoms with Crippen molar-refractivity contribution < 1.29 is 9.90 Å². The first-order chi connectivity index (χ1) is 7.56. The van der Waals surface area contributed by atoms with E-state index in [1.54, 1.807) is 23.2 Å². The smallest absolute Gasteiger partial charge is 0.272 e. The summed E-state index contributed by atoms with van der Waals surface area (Å²) in [5.74, 6) is -0.156. The van der Waals surface area contributed by atoms with E-state index in [1.165, 1.54) is 0 Å². The lowest BCUT2D eigenvalue weighted by Gasteiger charge is -2.25. The molecule has 0 aliphatic rings. The molecule has 5 heteroatoms. The fraction of sp³-hybridized carbons (Fsp3) is 0.455. The molecule has 1 aromatic rings. The lowest BCUT2D eigenvalue weighted by molar-refractivity contribution is 0.0659. The van der Waals surface area contributed by atoms with E-state index in [4.69, 9.17) is 5.11 Å². The molecule has 0 fully saturated rings. The highest BCUT2D eigenvalue weighted by Gasteiger charge is 2.18. The van der Waals surface area contributed by atoms with Gasteiger partial charge in [-0.2, -0.15) is 0 Å². The average molecular weight is 287 g/mol. The number of hydrogen-bond acceptors (Lipinski definition) is 3. The number of nitrogens with zero attached hydrogens (tertiary/aromatic N) is 2. The number of aromatic nitrogens is 1. The number of rotatable bonds is 4. The first-order valence-electron chi connectivity index (χ1n) is 5.09. The molecule has 0 aromatic carbocycles. The quantitative estimate of drug-likeness (QED) is 0.916. The fourth-order valence-electron chi connectivity index (χ4n) is 1.35. The van der Waals surface area contributed by atoms with Crippen LogP contribution >= 0.6 is 15.9 Å². The highest BCUT2D eigenvalue weighted by atomic mass is 79.9. The maximum Gasteiger partial charge on any atom is 0.272 e. The molecule has 1 amide bonds. The first kappa shape index (κ1) is 13.1. The monoisotopic (exact) mass is 286 g/mol. The minimum atomic E-state index is -0.156. The topological polar surface area (TPSA) is 53.4 Å². The zero-order valence-corrected chi connectivity index (χ0v) is 10.9. The minimum Gasteiger partial charge on any atom is -0.395 e. The number of aliphatic hydroxyl groups is 1. The first-order valence-corrected chi connectivity index (χ1v) is 5.89. The van der Waals surface area contributed by atoms with E-state index in [1.807, 2.05) is 13.8 Å². The van der Waals surface area contributed by atoms with Crippen molar-refractivity contribution in [2.24, 2.45) is 0 Å². The van der Waals surface area contributed by atoms with Gasteiger partial charge in [0.25, 0.3) is 5.91 Å². The Bertz CT molecular complexity index is 352. The van der Waals surface area contributed by atoms with Crippen LogP contribution in [0.1, 0.15) is 24.3 Å². The van der Waals surface area contributed by atoms with Crippen LogP contribution in [-0.4, -0.2) is 40.1 Å². The molecule has 0 atom stereocenters. The maximum atomic E-state index is 12.0. The number of halogens is 1. The summed E-state index contributed by atoms with van der Waals surface area (Å²) in [6.45, 7) is 4.10. The highest BCUT2D eigenvalue weighted by molar-refractivity contribution is 9.10. The minimum absolute atomic E-state index is 0.0412. The molecule has 1 rings (SSSR count). The second-order valence-electron chi connectivity index (χ2n) is 3.68. The van der Waals surface area contributed by atoms with Crippen molar-refractivity contribution in [1.29, 1.82) is 0 Å². The van der Waals surface area contributed by atoms with E-state index >= 15 is 0 Å². The molecule has 1 heterocycles. The number of hydrogen-bond donors (Lipinski definition) is 1. The summed E-state index contributed by atoms with van der Waals surface area (Å²) in [5.41, 5.74) is 0.394. The predicted molar refractivity (Wildman–Crippen MR) is 65.2 cm³/mol. The van der Waals surface area contributed by atoms with Gasteiger partial charge in [-0.25, -0.2) is 4.98 Å². The molecule has 0 radical (unpaired) electrons. The SMILES string of the molecule is CC(C)N(CCO)C(=O)c1ccc(Br)cn1. The molecular weight excluding hydrogens is 272 g/mol. The van der Waals surface area contributed by atoms with E-state index in [2.05, 4.69) is 20.9 Å². The van der Waals surface area contributed by atoms with Crippen LogP contribution in [0, 0.1) is 0 Å². The molecule has 0 aliphatic heterocycles. The van der Waals surface area contributed by atoms with Gasteiger partial charge >= 0.3 is 0 Å². The number of carbonyl (C=O) groups is 1. The van der Waals surface area contributed by atoms with E-state index < -0.39 is 0 Å². The van der Waals surface area contributed by atoms with Gasteiger partial charge in [-0.15, -0.1) is 0 Å². The predicted octanol–water partition coefficient (Wildman–Crippen LogP) is 1.69. The molecule has 0 spiro atoms. The summed E-state index contributed by atoms with van der Waals surface area (Å²) in [5, 5.41) is 8.90. The van der Waals surface area contributed by atoms with Gasteiger partial charge < -0.3 is 10.0 Å². The van der Waals surface area contributed by atoms with Gasteiger partial charge in [0.1, 0.15) is 5.69 Å². The Morgan fingerprint density at radius 2 is 2.25 bits per heavy atom. The Morgan fingerprint density at radius 1 is 1.56 bits per heavy atom. The summed E-state index contributed by atoms with van der Waals surface area (Å²) in [6.07, 6.45) is 1.59. The van der Waals surface area contributed by atoms with Gasteiger partial charge in [-0.1, -0.05) is 0 Å². The lowest BCUT2D eigenvalue weighted by Crippen LogP contribution is -2.39. The van der Waals surface area contributed by atoms with Crippen LogP contribution in [-0.2, 0) is 0 Å². The normalized spacial score (nSPS) is 10.6. The third kappa shape index (κ3) is 3.28. The Hall–Kier alpha value is -0.940. The molecular formula is C11H15BrN2O2. The van der Waals surface area contributed by atoms with Gasteiger partial charge in [0, 0.05) is 23.3 Å². The fourth-order valence-corrected chi connectivity index (χ4v) is 1.59. The van der Waals surface area contributed by atoms with Gasteiger partial charge in [0.2, 0.25) is 0 Å². The van der Waals surface area contributed by atoms with Crippen LogP contribution < -0.4 is 0 Å². The van der Waals surface area contributed by atoms with Crippen LogP contribution in [0.25, 0.3) is 0 Å². The van der Waals surface area contributed by atoms with Gasteiger partial charge in [-0.3, -0.25) is 4.79 Å². The van der Waals surface area contributed by atoms with Crippen molar-refractivity contribution in [3.8, 4) is 0 Å². The Balaban J connectivity index is 2.86. The second-order valence-corrected chi connectivity index (χ2v) is 4.59. The molecule has 88 valence electrons. The second kappa shape index (κ2) is 5.96. The van der Waals surface area contributed by atoms with E-state index in [0.717, 1.165) is 4.47 Å². The van der Waals surface area contributed by atoms with Gasteiger partial charge in [-0.05, 0) is 41.9 Å². The summed E-state index contributed by atoms with van der Waals surface area (Å²) >= 11 is 3.26. The standard InChI is InChI=1S/C11H15BrN2O2/c1-8(2)14(5-6-15)11(16)10-4-3-9(12)7-13-10/h3-4,7-8,15H,5-6H2,1-2H3. The van der Waals surface area contributed by atoms with Crippen LogP contribution in [0.15, 0.2) is 22.8 Å². The highest BCUT2D eigenvalue weighted by Crippen LogP contribution is 2.10. The number of aliphatic hydroxyl groups excluding tert-OH is 1. The summed E-state index contributed by atoms with van der Waals surface area (Å²) < 4.78 is 0.835. The molecule has 1 N–H and O–H groups in total. The van der Waals surface area contributed by atoms with Crippen molar-refractivity contribution in [1.82, 2.24) is 9.88 Å². The third-order valence-electron chi connectivity index (χ3n) is 2.17. The van der Waals surface area contributed by atoms with E-state index in [9.17, 15) is 4.79 Å². The lowest BCUT2D eigenvalue weighted by atomic mass is 10.2. The zero-order chi connectivity index (χ0) is 12.1. The van der Waals surface area contributed by atoms with Crippen molar-refractivity contribution in [3.05, 3.63) is 28.5 Å². The third-order valence-corrected chi connectivity index (χ3v) is 2.64. The molecule has 16 heavy (non-hydrogen) atoms. The Morgan fingerprint density at radius 3 is 2.69 bits per heavy atom. The molecule has 0 aliphatic carbocycles. The maximum absolute atomic E-state index is 12.0. The molecule has 0 saturated heterocycles. The van der Waals surface area contributed by atoms with Crippen molar-refractivity contribution in [2.75, 3.05) is 13.2 Å². The molecule has 0 bridgehead atoms. The number of pyridine rings is 1. The Labute approximate surface area is 103 Å². The molecule has 0 unspecified atom stereocenters. The van der Waals surface area contributed by atoms with Crippen molar-refractivity contribution in [3.63, 3.8) is 0 Å². The average Bonchev–Trinajstić information content (AvgIpc) is 2.25. The van der Waals surface area contributed by atoms with Crippen LogP contribution in [0.2, 0.25) is 0 Å². The molecule has 4 nitrogen and oxygen atoms in total. The number of amides is 1. The van der Waals surface area contributed by atoms with Crippen LogP contribution in [0.4, 0.5) is 0 Å². The van der Waals surface area contributed by atoms with Crippen molar-refractivity contribution >= 4 is 21.8 Å². The zero-order valence-electron chi connectivity index (χ0n) is 9.35. The van der Waals surface area contributed by atoms with Gasteiger partial charge in [0.05, 0.1) is 6.61 Å². The number of carbonyl (C=O) groups excluding carboxylic acids is 1. The van der Waals surface area contributed by atoms with Crippen LogP contribution in [0.3, 0.4) is 0 Å². The molecule has 0 saturated carbocycles. The van der Waals surface area contributed by atoms with Gasteiger partial charge in [0.15, 0.2) is 0 Å². The summed E-state index contributed by atoms with van der Waals surface area (Å²) in [6, 6.07) is 3.49. The van der Waals surface area contributed by atoms with E-state index in [0.29, 0.717) is 12.2 Å².